The van der Waals surface area contributed by atoms with Gasteiger partial charge in [-0.2, -0.15) is 10.1 Å². The Kier molecular flexibility index (Phi) is 6.74. The number of hydrazone groups is 1. The van der Waals surface area contributed by atoms with E-state index in [0.717, 1.165) is 38.4 Å². The number of amidine groups is 1. The van der Waals surface area contributed by atoms with Crippen LogP contribution in [0.2, 0.25) is 0 Å². The molecule has 0 bridgehead atoms. The summed E-state index contributed by atoms with van der Waals surface area (Å²) in [5.74, 6) is 1.32. The van der Waals surface area contributed by atoms with Gasteiger partial charge in [-0.05, 0) is 83.1 Å². The van der Waals surface area contributed by atoms with E-state index in [1.54, 1.807) is 14.2 Å². The third-order valence-electron chi connectivity index (χ3n) is 5.79. The Morgan fingerprint density at radius 1 is 1.00 bits per heavy atom. The molecule has 6 nitrogen and oxygen atoms in total. The second-order valence-electron chi connectivity index (χ2n) is 7.98. The van der Waals surface area contributed by atoms with Crippen molar-refractivity contribution in [3.8, 4) is 11.5 Å². The molecule has 2 aliphatic rings. The zero-order valence-corrected chi connectivity index (χ0v) is 21.5. The lowest BCUT2D eigenvalue weighted by atomic mass is 9.98. The Balaban J connectivity index is 1.47. The summed E-state index contributed by atoms with van der Waals surface area (Å²) in [5.41, 5.74) is 3.93. The fraction of sp³-hybridized carbons (Fsp3) is 0.148. The third-order valence-corrected chi connectivity index (χ3v) is 7.25. The lowest BCUT2D eigenvalue weighted by Crippen LogP contribution is -2.23. The molecule has 8 heteroatoms. The van der Waals surface area contributed by atoms with Gasteiger partial charge in [-0.25, -0.2) is 5.01 Å². The molecule has 0 N–H and O–H groups in total. The highest BCUT2D eigenvalue weighted by Crippen LogP contribution is 2.40. The second-order valence-corrected chi connectivity index (χ2v) is 9.90. The van der Waals surface area contributed by atoms with E-state index in [0.29, 0.717) is 16.5 Å². The van der Waals surface area contributed by atoms with Crippen LogP contribution in [0.5, 0.6) is 11.5 Å². The molecule has 5 rings (SSSR count). The van der Waals surface area contributed by atoms with Gasteiger partial charge in [0.15, 0.2) is 5.17 Å². The van der Waals surface area contributed by atoms with Crippen LogP contribution in [0.3, 0.4) is 0 Å². The van der Waals surface area contributed by atoms with E-state index in [4.69, 9.17) is 14.6 Å². The summed E-state index contributed by atoms with van der Waals surface area (Å²) in [5, 5.41) is 7.36. The highest BCUT2D eigenvalue weighted by molar-refractivity contribution is 9.10. The average molecular weight is 548 g/mol. The number of hydrogen-bond donors (Lipinski definition) is 0. The van der Waals surface area contributed by atoms with E-state index >= 15 is 0 Å². The van der Waals surface area contributed by atoms with Crippen LogP contribution in [-0.4, -0.2) is 36.0 Å². The minimum absolute atomic E-state index is 0.0951. The lowest BCUT2D eigenvalue weighted by Gasteiger charge is -2.22. The number of methoxy groups -OCH3 is 2. The number of benzene rings is 3. The van der Waals surface area contributed by atoms with Crippen molar-refractivity contribution in [3.05, 3.63) is 98.9 Å². The normalized spacial score (nSPS) is 18.6. The molecule has 2 heterocycles. The first-order valence-electron chi connectivity index (χ1n) is 11.0. The maximum atomic E-state index is 12.8. The van der Waals surface area contributed by atoms with Crippen molar-refractivity contribution in [2.24, 2.45) is 10.1 Å². The number of carbonyl (C=O) groups is 1. The van der Waals surface area contributed by atoms with Crippen molar-refractivity contribution >= 4 is 50.6 Å². The van der Waals surface area contributed by atoms with Gasteiger partial charge in [-0.3, -0.25) is 4.79 Å². The van der Waals surface area contributed by atoms with Crippen LogP contribution in [0.15, 0.2) is 92.3 Å². The number of halogens is 1. The predicted molar refractivity (Wildman–Crippen MR) is 144 cm³/mol. The van der Waals surface area contributed by atoms with Crippen LogP contribution < -0.4 is 9.47 Å². The van der Waals surface area contributed by atoms with Crippen LogP contribution in [0.25, 0.3) is 6.08 Å². The first-order chi connectivity index (χ1) is 17.0. The summed E-state index contributed by atoms with van der Waals surface area (Å²) in [4.78, 5) is 17.7. The quantitative estimate of drug-likeness (QED) is 0.351. The van der Waals surface area contributed by atoms with Gasteiger partial charge in [0.05, 0.1) is 30.9 Å². The number of aliphatic imine (C=N–C) groups is 1. The highest BCUT2D eigenvalue weighted by atomic mass is 79.9. The molecule has 1 amide bonds. The fourth-order valence-electron chi connectivity index (χ4n) is 3.97. The molecule has 0 aliphatic carbocycles. The Morgan fingerprint density at radius 3 is 2.34 bits per heavy atom. The molecule has 0 aromatic heterocycles. The summed E-state index contributed by atoms with van der Waals surface area (Å²) >= 11 is 4.83. The number of hydrogen-bond acceptors (Lipinski definition) is 6. The first kappa shape index (κ1) is 23.4. The average Bonchev–Trinajstić information content (AvgIpc) is 3.48. The molecule has 0 spiro atoms. The van der Waals surface area contributed by atoms with Gasteiger partial charge in [0.1, 0.15) is 11.5 Å². The zero-order valence-electron chi connectivity index (χ0n) is 19.1. The largest absolute Gasteiger partial charge is 0.497 e. The number of amides is 1. The van der Waals surface area contributed by atoms with Crippen LogP contribution in [-0.2, 0) is 4.79 Å². The monoisotopic (exact) mass is 547 g/mol. The van der Waals surface area contributed by atoms with Crippen LogP contribution >= 0.6 is 27.7 Å². The Hall–Kier alpha value is -3.36. The maximum Gasteiger partial charge on any atom is 0.286 e. The summed E-state index contributed by atoms with van der Waals surface area (Å²) in [7, 11) is 3.30. The van der Waals surface area contributed by atoms with E-state index in [1.807, 2.05) is 83.9 Å². The minimum atomic E-state index is -0.258. The third kappa shape index (κ3) is 5.04. The summed E-state index contributed by atoms with van der Waals surface area (Å²) in [6, 6.07) is 23.5. The Bertz CT molecular complexity index is 1350. The summed E-state index contributed by atoms with van der Waals surface area (Å²) in [6.45, 7) is 0. The first-order valence-corrected chi connectivity index (χ1v) is 12.6. The number of carbonyl (C=O) groups excluding carboxylic acids is 1. The Labute approximate surface area is 216 Å². The smallest absolute Gasteiger partial charge is 0.286 e. The van der Waals surface area contributed by atoms with E-state index in [9.17, 15) is 4.79 Å². The molecule has 3 aromatic rings. The molecule has 0 saturated heterocycles. The van der Waals surface area contributed by atoms with Gasteiger partial charge in [-0.1, -0.05) is 40.2 Å². The SMILES string of the molecule is COc1ccc(C2=NN(C3=NC(=O)/C(=C/c4cccc(Br)c4)S3)C(c3ccc(OC)cc3)C2)cc1. The lowest BCUT2D eigenvalue weighted by molar-refractivity contribution is -0.113. The Morgan fingerprint density at radius 2 is 1.69 bits per heavy atom. The van der Waals surface area contributed by atoms with Gasteiger partial charge >= 0.3 is 0 Å². The minimum Gasteiger partial charge on any atom is -0.497 e. The molecule has 176 valence electrons. The van der Waals surface area contributed by atoms with Gasteiger partial charge < -0.3 is 9.47 Å². The fourth-order valence-corrected chi connectivity index (χ4v) is 5.31. The molecule has 3 aromatic carbocycles. The molecule has 2 aliphatic heterocycles. The van der Waals surface area contributed by atoms with Crippen molar-refractivity contribution in [2.75, 3.05) is 14.2 Å². The molecule has 35 heavy (non-hydrogen) atoms. The second kappa shape index (κ2) is 10.1. The van der Waals surface area contributed by atoms with E-state index in [2.05, 4.69) is 20.9 Å². The van der Waals surface area contributed by atoms with E-state index in [-0.39, 0.29) is 11.9 Å². The molecule has 0 saturated carbocycles. The topological polar surface area (TPSA) is 63.5 Å². The van der Waals surface area contributed by atoms with Crippen molar-refractivity contribution in [1.29, 1.82) is 0 Å². The zero-order chi connectivity index (χ0) is 24.4. The van der Waals surface area contributed by atoms with Gasteiger partial charge in [0, 0.05) is 10.9 Å². The highest BCUT2D eigenvalue weighted by Gasteiger charge is 2.36. The van der Waals surface area contributed by atoms with Crippen LogP contribution in [0.4, 0.5) is 0 Å². The van der Waals surface area contributed by atoms with Crippen molar-refractivity contribution in [2.45, 2.75) is 12.5 Å². The molecule has 0 fully saturated rings. The van der Waals surface area contributed by atoms with Gasteiger partial charge in [-0.15, -0.1) is 0 Å². The number of ether oxygens (including phenoxy) is 2. The van der Waals surface area contributed by atoms with Crippen LogP contribution in [0, 0.1) is 0 Å². The van der Waals surface area contributed by atoms with Crippen molar-refractivity contribution < 1.29 is 14.3 Å². The number of rotatable bonds is 5. The predicted octanol–water partition coefficient (Wildman–Crippen LogP) is 6.29. The van der Waals surface area contributed by atoms with Crippen molar-refractivity contribution in [3.63, 3.8) is 0 Å². The maximum absolute atomic E-state index is 12.8. The van der Waals surface area contributed by atoms with E-state index in [1.165, 1.54) is 11.8 Å². The molecular weight excluding hydrogens is 526 g/mol. The van der Waals surface area contributed by atoms with E-state index < -0.39 is 0 Å². The molecule has 0 radical (unpaired) electrons. The number of thioether (sulfide) groups is 1. The standard InChI is InChI=1S/C27H22BrN3O3S/c1-33-21-10-6-18(7-11-21)23-16-24(19-8-12-22(34-2)13-9-19)31(30-23)27-29-26(32)25(35-27)15-17-4-3-5-20(28)14-17/h3-15,24H,16H2,1-2H3/b25-15-. The summed E-state index contributed by atoms with van der Waals surface area (Å²) < 4.78 is 11.6. The number of nitrogens with zero attached hydrogens (tertiary/aromatic N) is 3. The van der Waals surface area contributed by atoms with Gasteiger partial charge in [0.25, 0.3) is 5.91 Å². The molecule has 1 atom stereocenters. The van der Waals surface area contributed by atoms with Crippen molar-refractivity contribution in [1.82, 2.24) is 5.01 Å². The van der Waals surface area contributed by atoms with Crippen LogP contribution in [0.1, 0.15) is 29.2 Å². The van der Waals surface area contributed by atoms with Gasteiger partial charge in [0.2, 0.25) is 0 Å². The summed E-state index contributed by atoms with van der Waals surface area (Å²) in [6.07, 6.45) is 2.54. The molecule has 1 unspecified atom stereocenters. The molecular formula is C27H22BrN3O3S.